The quantitative estimate of drug-likeness (QED) is 0.798. The number of rotatable bonds is 1. The first-order chi connectivity index (χ1) is 8.88. The maximum atomic E-state index is 12.3. The van der Waals surface area contributed by atoms with E-state index in [9.17, 15) is 4.79 Å². The summed E-state index contributed by atoms with van der Waals surface area (Å²) in [7, 11) is 0. The molecule has 0 aromatic carbocycles. The number of nitrogens with zero attached hydrogens (tertiary/aromatic N) is 3. The monoisotopic (exact) mass is 301 g/mol. The smallest absolute Gasteiger partial charge is 0.284 e. The molecule has 2 heterocycles. The van der Waals surface area contributed by atoms with Crippen molar-refractivity contribution >= 4 is 28.8 Å². The SMILES string of the molecule is CC(C)(C)C1CCCN(C(=O)c2nnc(Cl)s2)CC1. The predicted molar refractivity (Wildman–Crippen MR) is 77.6 cm³/mol. The number of carbonyl (C=O) groups is 1. The van der Waals surface area contributed by atoms with Gasteiger partial charge < -0.3 is 4.90 Å². The van der Waals surface area contributed by atoms with Gasteiger partial charge in [0.15, 0.2) is 0 Å². The molecule has 1 aromatic heterocycles. The molecular formula is C13H20ClN3OS. The van der Waals surface area contributed by atoms with Gasteiger partial charge in [-0.3, -0.25) is 4.79 Å². The zero-order valence-corrected chi connectivity index (χ0v) is 13.2. The Kier molecular flexibility index (Phi) is 4.46. The van der Waals surface area contributed by atoms with Crippen LogP contribution in [-0.4, -0.2) is 34.1 Å². The average Bonchev–Trinajstić information content (AvgIpc) is 2.62. The largest absolute Gasteiger partial charge is 0.337 e. The van der Waals surface area contributed by atoms with E-state index in [1.54, 1.807) is 0 Å². The predicted octanol–water partition coefficient (Wildman–Crippen LogP) is 3.48. The minimum absolute atomic E-state index is 0.0287. The summed E-state index contributed by atoms with van der Waals surface area (Å²) in [6, 6.07) is 0. The molecule has 1 aliphatic heterocycles. The van der Waals surface area contributed by atoms with Crippen molar-refractivity contribution in [1.29, 1.82) is 0 Å². The molecule has 0 saturated carbocycles. The topological polar surface area (TPSA) is 46.1 Å². The fraction of sp³-hybridized carbons (Fsp3) is 0.769. The summed E-state index contributed by atoms with van der Waals surface area (Å²) >= 11 is 6.89. The fourth-order valence-corrected chi connectivity index (χ4v) is 3.39. The third-order valence-corrected chi connectivity index (χ3v) is 4.83. The molecule has 0 radical (unpaired) electrons. The Balaban J connectivity index is 2.01. The van der Waals surface area contributed by atoms with Crippen molar-refractivity contribution in [2.75, 3.05) is 13.1 Å². The van der Waals surface area contributed by atoms with Crippen molar-refractivity contribution in [3.8, 4) is 0 Å². The lowest BCUT2D eigenvalue weighted by Gasteiger charge is -2.29. The molecule has 0 spiro atoms. The van der Waals surface area contributed by atoms with E-state index in [1.165, 1.54) is 6.42 Å². The third-order valence-electron chi connectivity index (χ3n) is 3.82. The van der Waals surface area contributed by atoms with Gasteiger partial charge in [-0.05, 0) is 42.2 Å². The molecule has 6 heteroatoms. The molecule has 1 atom stereocenters. The molecule has 1 saturated heterocycles. The van der Waals surface area contributed by atoms with E-state index in [4.69, 9.17) is 11.6 Å². The van der Waals surface area contributed by atoms with Crippen LogP contribution in [0.5, 0.6) is 0 Å². The van der Waals surface area contributed by atoms with Gasteiger partial charge in [-0.1, -0.05) is 32.1 Å². The van der Waals surface area contributed by atoms with Crippen molar-refractivity contribution < 1.29 is 4.79 Å². The van der Waals surface area contributed by atoms with Crippen molar-refractivity contribution in [2.45, 2.75) is 40.0 Å². The summed E-state index contributed by atoms with van der Waals surface area (Å²) in [6.07, 6.45) is 3.30. The van der Waals surface area contributed by atoms with Crippen LogP contribution in [0.15, 0.2) is 0 Å². The number of hydrogen-bond donors (Lipinski definition) is 0. The van der Waals surface area contributed by atoms with Gasteiger partial charge in [-0.25, -0.2) is 0 Å². The molecule has 2 rings (SSSR count). The Morgan fingerprint density at radius 2 is 2.05 bits per heavy atom. The second-order valence-corrected chi connectivity index (χ2v) is 7.71. The van der Waals surface area contributed by atoms with Gasteiger partial charge in [0.05, 0.1) is 0 Å². The fourth-order valence-electron chi connectivity index (χ4n) is 2.59. The Hall–Kier alpha value is -0.680. The van der Waals surface area contributed by atoms with Crippen LogP contribution in [0, 0.1) is 11.3 Å². The summed E-state index contributed by atoms with van der Waals surface area (Å²) < 4.78 is 0.325. The molecule has 0 bridgehead atoms. The minimum atomic E-state index is -0.0287. The van der Waals surface area contributed by atoms with E-state index >= 15 is 0 Å². The summed E-state index contributed by atoms with van der Waals surface area (Å²) in [4.78, 5) is 14.2. The Bertz CT molecular complexity index is 455. The maximum Gasteiger partial charge on any atom is 0.284 e. The first-order valence-electron chi connectivity index (χ1n) is 6.66. The van der Waals surface area contributed by atoms with Crippen LogP contribution in [0.1, 0.15) is 49.8 Å². The Labute approximate surface area is 123 Å². The molecule has 106 valence electrons. The second kappa shape index (κ2) is 5.75. The molecule has 1 fully saturated rings. The van der Waals surface area contributed by atoms with E-state index in [-0.39, 0.29) is 5.91 Å². The number of hydrogen-bond acceptors (Lipinski definition) is 4. The van der Waals surface area contributed by atoms with Gasteiger partial charge in [0.1, 0.15) is 0 Å². The molecule has 0 aliphatic carbocycles. The Morgan fingerprint density at radius 1 is 1.32 bits per heavy atom. The van der Waals surface area contributed by atoms with Crippen molar-refractivity contribution in [3.63, 3.8) is 0 Å². The average molecular weight is 302 g/mol. The van der Waals surface area contributed by atoms with Crippen LogP contribution in [0.4, 0.5) is 0 Å². The first-order valence-corrected chi connectivity index (χ1v) is 7.85. The van der Waals surface area contributed by atoms with E-state index < -0.39 is 0 Å². The van der Waals surface area contributed by atoms with Gasteiger partial charge in [0, 0.05) is 13.1 Å². The molecule has 0 N–H and O–H groups in total. The summed E-state index contributed by atoms with van der Waals surface area (Å²) in [5.41, 5.74) is 0.311. The molecular weight excluding hydrogens is 282 g/mol. The zero-order valence-electron chi connectivity index (χ0n) is 11.6. The molecule has 1 unspecified atom stereocenters. The highest BCUT2D eigenvalue weighted by atomic mass is 35.5. The normalized spacial score (nSPS) is 21.3. The van der Waals surface area contributed by atoms with Crippen molar-refractivity contribution in [3.05, 3.63) is 9.47 Å². The number of likely N-dealkylation sites (tertiary alicyclic amines) is 1. The van der Waals surface area contributed by atoms with Gasteiger partial charge in [0.2, 0.25) is 9.47 Å². The minimum Gasteiger partial charge on any atom is -0.337 e. The number of carbonyl (C=O) groups excluding carboxylic acids is 1. The highest BCUT2D eigenvalue weighted by Crippen LogP contribution is 2.34. The van der Waals surface area contributed by atoms with Gasteiger partial charge in [-0.15, -0.1) is 10.2 Å². The summed E-state index contributed by atoms with van der Waals surface area (Å²) in [6.45, 7) is 8.44. The van der Waals surface area contributed by atoms with E-state index in [0.717, 1.165) is 37.3 Å². The van der Waals surface area contributed by atoms with Crippen LogP contribution in [-0.2, 0) is 0 Å². The highest BCUT2D eigenvalue weighted by Gasteiger charge is 2.29. The van der Waals surface area contributed by atoms with Crippen LogP contribution >= 0.6 is 22.9 Å². The summed E-state index contributed by atoms with van der Waals surface area (Å²) in [5, 5.41) is 7.93. The van der Waals surface area contributed by atoms with E-state index in [1.807, 2.05) is 4.90 Å². The molecule has 1 aliphatic rings. The first kappa shape index (κ1) is 14.7. The molecule has 1 aromatic rings. The maximum absolute atomic E-state index is 12.3. The molecule has 4 nitrogen and oxygen atoms in total. The number of halogens is 1. The van der Waals surface area contributed by atoms with E-state index in [2.05, 4.69) is 31.0 Å². The van der Waals surface area contributed by atoms with Crippen LogP contribution in [0.2, 0.25) is 4.47 Å². The second-order valence-electron chi connectivity index (χ2n) is 6.15. The van der Waals surface area contributed by atoms with Gasteiger partial charge in [-0.2, -0.15) is 0 Å². The van der Waals surface area contributed by atoms with Gasteiger partial charge >= 0.3 is 0 Å². The number of amides is 1. The number of aromatic nitrogens is 2. The summed E-state index contributed by atoms with van der Waals surface area (Å²) in [5.74, 6) is 0.641. The van der Waals surface area contributed by atoms with Gasteiger partial charge in [0.25, 0.3) is 5.91 Å². The van der Waals surface area contributed by atoms with Crippen molar-refractivity contribution in [2.24, 2.45) is 11.3 Å². The lowest BCUT2D eigenvalue weighted by molar-refractivity contribution is 0.0754. The molecule has 19 heavy (non-hydrogen) atoms. The highest BCUT2D eigenvalue weighted by molar-refractivity contribution is 7.17. The Morgan fingerprint density at radius 3 is 2.63 bits per heavy atom. The molecule has 1 amide bonds. The van der Waals surface area contributed by atoms with Crippen LogP contribution in [0.3, 0.4) is 0 Å². The standard InChI is InChI=1S/C13H20ClN3OS/c1-13(2,3)9-5-4-7-17(8-6-9)11(18)10-15-16-12(14)19-10/h9H,4-8H2,1-3H3. The van der Waals surface area contributed by atoms with Crippen LogP contribution in [0.25, 0.3) is 0 Å². The van der Waals surface area contributed by atoms with Crippen molar-refractivity contribution in [1.82, 2.24) is 15.1 Å². The lowest BCUT2D eigenvalue weighted by Crippen LogP contribution is -2.32. The zero-order chi connectivity index (χ0) is 14.0. The third kappa shape index (κ3) is 3.66. The lowest BCUT2D eigenvalue weighted by atomic mass is 9.77. The van der Waals surface area contributed by atoms with E-state index in [0.29, 0.717) is 20.8 Å². The van der Waals surface area contributed by atoms with Crippen LogP contribution < -0.4 is 0 Å².